The quantitative estimate of drug-likeness (QED) is 0.385. The number of carboxylic acid groups (broad SMARTS) is 1. The molecule has 40 heavy (non-hydrogen) atoms. The lowest BCUT2D eigenvalue weighted by atomic mass is 10.1. The van der Waals surface area contributed by atoms with Crippen LogP contribution in [0.25, 0.3) is 0 Å². The predicted octanol–water partition coefficient (Wildman–Crippen LogP) is 1.97. The summed E-state index contributed by atoms with van der Waals surface area (Å²) in [5, 5.41) is 12.9. The third-order valence-corrected chi connectivity index (χ3v) is 7.34. The average molecular weight is 588 g/mol. The molecule has 0 aliphatic carbocycles. The summed E-state index contributed by atoms with van der Waals surface area (Å²) in [6, 6.07) is 10.1. The van der Waals surface area contributed by atoms with E-state index in [4.69, 9.17) is 9.90 Å². The molecule has 1 aliphatic rings. The second-order valence-electron chi connectivity index (χ2n) is 8.98. The number of aliphatic carboxylic acids is 1. The number of benzene rings is 2. The second-order valence-corrected chi connectivity index (χ2v) is 10.6. The first-order valence-corrected chi connectivity index (χ1v) is 13.5. The molecular weight excluding hydrogens is 555 g/mol. The van der Waals surface area contributed by atoms with Crippen LogP contribution in [0.15, 0.2) is 41.3 Å². The van der Waals surface area contributed by atoms with Gasteiger partial charge in [0.15, 0.2) is 0 Å². The van der Waals surface area contributed by atoms with E-state index in [9.17, 15) is 31.2 Å². The minimum absolute atomic E-state index is 0.0987. The van der Waals surface area contributed by atoms with Crippen molar-refractivity contribution < 1.29 is 41.1 Å². The lowest BCUT2D eigenvalue weighted by molar-refractivity contribution is -0.192. The van der Waals surface area contributed by atoms with Gasteiger partial charge >= 0.3 is 12.1 Å². The number of sulfonamides is 1. The van der Waals surface area contributed by atoms with E-state index in [0.29, 0.717) is 35.6 Å². The number of carbonyl (C=O) groups is 3. The molecule has 0 saturated carbocycles. The van der Waals surface area contributed by atoms with Crippen molar-refractivity contribution in [2.75, 3.05) is 56.4 Å². The normalized spacial score (nSPS) is 13.5. The zero-order chi connectivity index (χ0) is 30.3. The molecule has 4 N–H and O–H groups in total. The standard InChI is InChI=1S/C23H31N5O4S.C2HF3O2/c1-16-5-8-21(17(2)13-16)33(31,32)26-19-14-18(23(30)27(4)15-22(29)24-3)6-7-20(19)28-11-9-25-10-12-28;3-2(4,5)1(6)7/h5-8,13-14,25-26H,9-12,15H2,1-4H3,(H,24,29);(H,6,7). The van der Waals surface area contributed by atoms with Gasteiger partial charge in [0, 0.05) is 45.8 Å². The van der Waals surface area contributed by atoms with Gasteiger partial charge in [-0.15, -0.1) is 0 Å². The second kappa shape index (κ2) is 13.5. The van der Waals surface area contributed by atoms with E-state index < -0.39 is 22.2 Å². The predicted molar refractivity (Wildman–Crippen MR) is 143 cm³/mol. The molecule has 2 aromatic carbocycles. The molecule has 2 amide bonds. The Morgan fingerprint density at radius 1 is 1.07 bits per heavy atom. The summed E-state index contributed by atoms with van der Waals surface area (Å²) in [5.41, 5.74) is 2.94. The number of nitrogens with one attached hydrogen (secondary N) is 3. The van der Waals surface area contributed by atoms with E-state index in [1.807, 2.05) is 13.0 Å². The Labute approximate surface area is 230 Å². The smallest absolute Gasteiger partial charge is 0.475 e. The zero-order valence-electron chi connectivity index (χ0n) is 22.4. The molecule has 1 heterocycles. The van der Waals surface area contributed by atoms with Crippen molar-refractivity contribution in [1.29, 1.82) is 0 Å². The van der Waals surface area contributed by atoms with Gasteiger partial charge in [-0.05, 0) is 43.7 Å². The molecule has 0 spiro atoms. The van der Waals surface area contributed by atoms with Crippen LogP contribution in [0.3, 0.4) is 0 Å². The number of amides is 2. The van der Waals surface area contributed by atoms with Crippen molar-refractivity contribution >= 4 is 39.2 Å². The highest BCUT2D eigenvalue weighted by atomic mass is 32.2. The molecule has 1 saturated heterocycles. The van der Waals surface area contributed by atoms with Gasteiger partial charge in [0.05, 0.1) is 22.8 Å². The Hall–Kier alpha value is -3.85. The molecule has 1 fully saturated rings. The number of likely N-dealkylation sites (N-methyl/N-ethyl adjacent to an activating group) is 2. The summed E-state index contributed by atoms with van der Waals surface area (Å²) in [6.07, 6.45) is -5.08. The summed E-state index contributed by atoms with van der Waals surface area (Å²) in [7, 11) is -0.857. The number of carboxylic acids is 1. The fourth-order valence-electron chi connectivity index (χ4n) is 3.82. The summed E-state index contributed by atoms with van der Waals surface area (Å²) in [5.74, 6) is -3.43. The third-order valence-electron chi connectivity index (χ3n) is 5.81. The van der Waals surface area contributed by atoms with Gasteiger partial charge in [-0.2, -0.15) is 13.2 Å². The number of anilines is 2. The number of carbonyl (C=O) groups excluding carboxylic acids is 2. The molecule has 11 nitrogen and oxygen atoms in total. The maximum absolute atomic E-state index is 13.3. The number of alkyl halides is 3. The fraction of sp³-hybridized carbons (Fsp3) is 0.400. The number of hydrogen-bond acceptors (Lipinski definition) is 7. The van der Waals surface area contributed by atoms with Crippen molar-refractivity contribution in [3.05, 3.63) is 53.1 Å². The molecule has 15 heteroatoms. The molecule has 3 rings (SSSR count). The van der Waals surface area contributed by atoms with Crippen molar-refractivity contribution in [3.63, 3.8) is 0 Å². The van der Waals surface area contributed by atoms with Crippen molar-refractivity contribution in [1.82, 2.24) is 15.5 Å². The molecular formula is C25H32F3N5O6S. The molecule has 1 aliphatic heterocycles. The van der Waals surface area contributed by atoms with Crippen LogP contribution in [0.5, 0.6) is 0 Å². The molecule has 220 valence electrons. The molecule has 0 unspecified atom stereocenters. The summed E-state index contributed by atoms with van der Waals surface area (Å²) >= 11 is 0. The minimum atomic E-state index is -5.08. The molecule has 0 atom stereocenters. The van der Waals surface area contributed by atoms with Gasteiger partial charge in [-0.1, -0.05) is 17.7 Å². The highest BCUT2D eigenvalue weighted by molar-refractivity contribution is 7.92. The SMILES string of the molecule is CNC(=O)CN(C)C(=O)c1ccc(N2CCNCC2)c(NS(=O)(=O)c2ccc(C)cc2C)c1.O=C(O)C(F)(F)F. The van der Waals surface area contributed by atoms with Crippen molar-refractivity contribution in [3.8, 4) is 0 Å². The van der Waals surface area contributed by atoms with Gasteiger partial charge in [0.1, 0.15) is 0 Å². The lowest BCUT2D eigenvalue weighted by Gasteiger charge is -2.31. The first-order chi connectivity index (χ1) is 18.6. The van der Waals surface area contributed by atoms with Crippen LogP contribution in [0.2, 0.25) is 0 Å². The minimum Gasteiger partial charge on any atom is -0.475 e. The Kier molecular flexibility index (Phi) is 10.9. The lowest BCUT2D eigenvalue weighted by Crippen LogP contribution is -2.44. The summed E-state index contributed by atoms with van der Waals surface area (Å²) in [6.45, 7) is 6.54. The van der Waals surface area contributed by atoms with Crippen LogP contribution in [0, 0.1) is 13.8 Å². The first-order valence-electron chi connectivity index (χ1n) is 12.0. The Morgan fingerprint density at radius 3 is 2.20 bits per heavy atom. The van der Waals surface area contributed by atoms with Crippen LogP contribution < -0.4 is 20.3 Å². The molecule has 2 aromatic rings. The fourth-order valence-corrected chi connectivity index (χ4v) is 5.11. The monoisotopic (exact) mass is 587 g/mol. The number of halogens is 3. The Bertz CT molecular complexity index is 1340. The van der Waals surface area contributed by atoms with Gasteiger partial charge < -0.3 is 25.5 Å². The van der Waals surface area contributed by atoms with E-state index in [-0.39, 0.29) is 23.3 Å². The summed E-state index contributed by atoms with van der Waals surface area (Å²) < 4.78 is 61.0. The molecule has 0 bridgehead atoms. The van der Waals surface area contributed by atoms with Crippen LogP contribution in [-0.4, -0.2) is 89.2 Å². The largest absolute Gasteiger partial charge is 0.490 e. The van der Waals surface area contributed by atoms with Crippen molar-refractivity contribution in [2.45, 2.75) is 24.9 Å². The highest BCUT2D eigenvalue weighted by Gasteiger charge is 2.38. The molecule has 0 radical (unpaired) electrons. The van der Waals surface area contributed by atoms with Crippen molar-refractivity contribution in [2.24, 2.45) is 0 Å². The van der Waals surface area contributed by atoms with Crippen LogP contribution in [-0.2, 0) is 19.6 Å². The van der Waals surface area contributed by atoms with Gasteiger partial charge in [-0.25, -0.2) is 13.2 Å². The van der Waals surface area contributed by atoms with Gasteiger partial charge in [-0.3, -0.25) is 14.3 Å². The summed E-state index contributed by atoms with van der Waals surface area (Å²) in [4.78, 5) is 37.0. The molecule has 0 aromatic heterocycles. The Balaban J connectivity index is 0.000000708. The van der Waals surface area contributed by atoms with Crippen LogP contribution in [0.1, 0.15) is 21.5 Å². The highest BCUT2D eigenvalue weighted by Crippen LogP contribution is 2.31. The number of nitrogens with zero attached hydrogens (tertiary/aromatic N) is 2. The van der Waals surface area contributed by atoms with Crippen LogP contribution >= 0.6 is 0 Å². The van der Waals surface area contributed by atoms with E-state index in [1.165, 1.54) is 19.0 Å². The van der Waals surface area contributed by atoms with Crippen LogP contribution in [0.4, 0.5) is 24.5 Å². The Morgan fingerprint density at radius 2 is 1.68 bits per heavy atom. The maximum atomic E-state index is 13.3. The number of piperazine rings is 1. The first kappa shape index (κ1) is 32.4. The maximum Gasteiger partial charge on any atom is 0.490 e. The average Bonchev–Trinajstić information content (AvgIpc) is 2.87. The zero-order valence-corrected chi connectivity index (χ0v) is 23.2. The van der Waals surface area contributed by atoms with E-state index in [0.717, 1.165) is 18.7 Å². The van der Waals surface area contributed by atoms with E-state index in [1.54, 1.807) is 37.3 Å². The van der Waals surface area contributed by atoms with Gasteiger partial charge in [0.2, 0.25) is 5.91 Å². The number of rotatable bonds is 7. The third kappa shape index (κ3) is 8.84. The van der Waals surface area contributed by atoms with Gasteiger partial charge in [0.25, 0.3) is 15.9 Å². The number of aryl methyl sites for hydroxylation is 2. The topological polar surface area (TPSA) is 148 Å². The van der Waals surface area contributed by atoms with E-state index in [2.05, 4.69) is 20.3 Å². The number of hydrogen-bond donors (Lipinski definition) is 4. The van der Waals surface area contributed by atoms with E-state index >= 15 is 0 Å².